The van der Waals surface area contributed by atoms with Crippen molar-refractivity contribution in [2.75, 3.05) is 20.2 Å². The summed E-state index contributed by atoms with van der Waals surface area (Å²) in [5, 5.41) is 3.22. The third-order valence-corrected chi connectivity index (χ3v) is 5.25. The standard InChI is InChI=1S/C14H22N2O3S/c1-10-4-5-13(19-3)14(8-10)20(17,18)16-12-9-15-7-6-11(12)2/h4-5,8,11-12,15-16H,6-7,9H2,1-3H3. The fraction of sp³-hybridized carbons (Fsp3) is 0.571. The predicted octanol–water partition coefficient (Wildman–Crippen LogP) is 1.28. The van der Waals surface area contributed by atoms with E-state index in [4.69, 9.17) is 4.74 Å². The molecule has 1 aliphatic rings. The second kappa shape index (κ2) is 6.11. The van der Waals surface area contributed by atoms with Crippen molar-refractivity contribution in [3.05, 3.63) is 23.8 Å². The summed E-state index contributed by atoms with van der Waals surface area (Å²) in [5.41, 5.74) is 0.890. The highest BCUT2D eigenvalue weighted by atomic mass is 32.2. The van der Waals surface area contributed by atoms with Crippen LogP contribution in [0.25, 0.3) is 0 Å². The number of nitrogens with one attached hydrogen (secondary N) is 2. The first kappa shape index (κ1) is 15.3. The lowest BCUT2D eigenvalue weighted by molar-refractivity contribution is 0.326. The van der Waals surface area contributed by atoms with E-state index in [2.05, 4.69) is 17.0 Å². The molecule has 2 N–H and O–H groups in total. The molecule has 1 fully saturated rings. The van der Waals surface area contributed by atoms with Crippen molar-refractivity contribution in [3.63, 3.8) is 0 Å². The first-order valence-corrected chi connectivity index (χ1v) is 8.30. The van der Waals surface area contributed by atoms with E-state index in [1.165, 1.54) is 7.11 Å². The quantitative estimate of drug-likeness (QED) is 0.879. The number of aryl methyl sites for hydroxylation is 1. The summed E-state index contributed by atoms with van der Waals surface area (Å²) >= 11 is 0. The van der Waals surface area contributed by atoms with Gasteiger partial charge in [-0.2, -0.15) is 0 Å². The average molecular weight is 298 g/mol. The topological polar surface area (TPSA) is 67.4 Å². The normalized spacial score (nSPS) is 23.6. The van der Waals surface area contributed by atoms with Gasteiger partial charge in [-0.1, -0.05) is 13.0 Å². The van der Waals surface area contributed by atoms with Gasteiger partial charge in [0.1, 0.15) is 10.6 Å². The minimum Gasteiger partial charge on any atom is -0.495 e. The molecule has 1 aromatic carbocycles. The highest BCUT2D eigenvalue weighted by molar-refractivity contribution is 7.89. The molecule has 20 heavy (non-hydrogen) atoms. The molecule has 1 saturated heterocycles. The van der Waals surface area contributed by atoms with Crippen molar-refractivity contribution in [1.29, 1.82) is 0 Å². The largest absolute Gasteiger partial charge is 0.495 e. The Morgan fingerprint density at radius 1 is 1.40 bits per heavy atom. The SMILES string of the molecule is COc1ccc(C)cc1S(=O)(=O)NC1CNCCC1C. The second-order valence-corrected chi connectivity index (χ2v) is 7.03. The number of hydrogen-bond acceptors (Lipinski definition) is 4. The Morgan fingerprint density at radius 3 is 2.80 bits per heavy atom. The fourth-order valence-electron chi connectivity index (χ4n) is 2.40. The predicted molar refractivity (Wildman–Crippen MR) is 78.5 cm³/mol. The number of rotatable bonds is 4. The third-order valence-electron chi connectivity index (χ3n) is 3.74. The van der Waals surface area contributed by atoms with E-state index >= 15 is 0 Å². The summed E-state index contributed by atoms with van der Waals surface area (Å²) < 4.78 is 33.1. The molecule has 0 saturated carbocycles. The number of methoxy groups -OCH3 is 1. The van der Waals surface area contributed by atoms with E-state index in [9.17, 15) is 8.42 Å². The van der Waals surface area contributed by atoms with Crippen LogP contribution in [0.3, 0.4) is 0 Å². The molecule has 5 nitrogen and oxygen atoms in total. The Morgan fingerprint density at radius 2 is 2.15 bits per heavy atom. The minimum absolute atomic E-state index is 0.0843. The van der Waals surface area contributed by atoms with Crippen LogP contribution in [-0.2, 0) is 10.0 Å². The van der Waals surface area contributed by atoms with Gasteiger partial charge in [0.05, 0.1) is 7.11 Å². The highest BCUT2D eigenvalue weighted by Crippen LogP contribution is 2.25. The molecule has 1 aliphatic heterocycles. The van der Waals surface area contributed by atoms with Crippen LogP contribution < -0.4 is 14.8 Å². The molecular weight excluding hydrogens is 276 g/mol. The van der Waals surface area contributed by atoms with E-state index < -0.39 is 10.0 Å². The first-order chi connectivity index (χ1) is 9.44. The van der Waals surface area contributed by atoms with Crippen LogP contribution in [0, 0.1) is 12.8 Å². The molecule has 112 valence electrons. The lowest BCUT2D eigenvalue weighted by Gasteiger charge is -2.30. The molecule has 0 aromatic heterocycles. The fourth-order valence-corrected chi connectivity index (χ4v) is 4.00. The summed E-state index contributed by atoms with van der Waals surface area (Å²) in [7, 11) is -2.09. The zero-order valence-corrected chi connectivity index (χ0v) is 13.0. The molecule has 0 spiro atoms. The van der Waals surface area contributed by atoms with Gasteiger partial charge in [-0.3, -0.25) is 0 Å². The van der Waals surface area contributed by atoms with Gasteiger partial charge in [0, 0.05) is 12.6 Å². The molecule has 1 heterocycles. The highest BCUT2D eigenvalue weighted by Gasteiger charge is 2.28. The van der Waals surface area contributed by atoms with Crippen LogP contribution in [0.4, 0.5) is 0 Å². The van der Waals surface area contributed by atoms with Gasteiger partial charge in [0.2, 0.25) is 10.0 Å². The van der Waals surface area contributed by atoms with Crippen molar-refractivity contribution < 1.29 is 13.2 Å². The van der Waals surface area contributed by atoms with Gasteiger partial charge < -0.3 is 10.1 Å². The van der Waals surface area contributed by atoms with Crippen molar-refractivity contribution in [1.82, 2.24) is 10.0 Å². The van der Waals surface area contributed by atoms with Crippen LogP contribution in [-0.4, -0.2) is 34.7 Å². The van der Waals surface area contributed by atoms with E-state index in [0.717, 1.165) is 18.5 Å². The van der Waals surface area contributed by atoms with Crippen molar-refractivity contribution >= 4 is 10.0 Å². The number of ether oxygens (including phenoxy) is 1. The number of benzene rings is 1. The summed E-state index contributed by atoms with van der Waals surface area (Å²) in [6, 6.07) is 5.08. The Bertz CT molecular complexity index is 572. The number of piperidine rings is 1. The van der Waals surface area contributed by atoms with Crippen LogP contribution in [0.5, 0.6) is 5.75 Å². The zero-order valence-electron chi connectivity index (χ0n) is 12.1. The molecule has 0 amide bonds. The summed E-state index contributed by atoms with van der Waals surface area (Å²) in [5.74, 6) is 0.696. The smallest absolute Gasteiger partial charge is 0.244 e. The van der Waals surface area contributed by atoms with E-state index in [1.807, 2.05) is 13.0 Å². The van der Waals surface area contributed by atoms with E-state index in [-0.39, 0.29) is 10.9 Å². The van der Waals surface area contributed by atoms with Gasteiger partial charge in [0.15, 0.2) is 0 Å². The Balaban J connectivity index is 2.28. The summed E-state index contributed by atoms with van der Waals surface area (Å²) in [6.45, 7) is 5.53. The lowest BCUT2D eigenvalue weighted by Crippen LogP contribution is -2.50. The minimum atomic E-state index is -3.57. The monoisotopic (exact) mass is 298 g/mol. The van der Waals surface area contributed by atoms with Gasteiger partial charge >= 0.3 is 0 Å². The maximum Gasteiger partial charge on any atom is 0.244 e. The summed E-state index contributed by atoms with van der Waals surface area (Å²) in [4.78, 5) is 0.206. The van der Waals surface area contributed by atoms with E-state index in [0.29, 0.717) is 18.2 Å². The van der Waals surface area contributed by atoms with Crippen LogP contribution in [0.15, 0.2) is 23.1 Å². The molecule has 0 aliphatic carbocycles. The average Bonchev–Trinajstić information content (AvgIpc) is 2.41. The number of hydrogen-bond donors (Lipinski definition) is 2. The van der Waals surface area contributed by atoms with Crippen molar-refractivity contribution in [3.8, 4) is 5.75 Å². The van der Waals surface area contributed by atoms with Gasteiger partial charge in [0.25, 0.3) is 0 Å². The molecule has 6 heteroatoms. The lowest BCUT2D eigenvalue weighted by atomic mass is 9.96. The first-order valence-electron chi connectivity index (χ1n) is 6.81. The molecule has 0 radical (unpaired) electrons. The van der Waals surface area contributed by atoms with E-state index in [1.54, 1.807) is 12.1 Å². The van der Waals surface area contributed by atoms with Gasteiger partial charge in [-0.15, -0.1) is 0 Å². The molecule has 1 aromatic rings. The van der Waals surface area contributed by atoms with Crippen LogP contribution in [0.2, 0.25) is 0 Å². The molecule has 2 unspecified atom stereocenters. The van der Waals surface area contributed by atoms with Crippen LogP contribution >= 0.6 is 0 Å². The molecule has 2 atom stereocenters. The second-order valence-electron chi connectivity index (χ2n) is 5.35. The van der Waals surface area contributed by atoms with Gasteiger partial charge in [-0.25, -0.2) is 13.1 Å². The van der Waals surface area contributed by atoms with Crippen LogP contribution in [0.1, 0.15) is 18.9 Å². The number of sulfonamides is 1. The third kappa shape index (κ3) is 3.31. The van der Waals surface area contributed by atoms with Gasteiger partial charge in [-0.05, 0) is 43.5 Å². The Kier molecular flexibility index (Phi) is 4.67. The van der Waals surface area contributed by atoms with Crippen molar-refractivity contribution in [2.45, 2.75) is 31.2 Å². The molecular formula is C14H22N2O3S. The van der Waals surface area contributed by atoms with Crippen molar-refractivity contribution in [2.24, 2.45) is 5.92 Å². The molecule has 2 rings (SSSR count). The molecule has 0 bridgehead atoms. The Hall–Kier alpha value is -1.11. The maximum atomic E-state index is 12.6. The zero-order chi connectivity index (χ0) is 14.8. The summed E-state index contributed by atoms with van der Waals surface area (Å²) in [6.07, 6.45) is 0.970. The maximum absolute atomic E-state index is 12.6. The Labute approximate surface area is 120 Å².